The SMILES string of the molecule is C=CCN1CCN(N2CCCCC2)CC1. The summed E-state index contributed by atoms with van der Waals surface area (Å²) < 4.78 is 0. The van der Waals surface area contributed by atoms with Crippen molar-refractivity contribution in [1.82, 2.24) is 14.9 Å². The number of piperazine rings is 1. The molecular formula is C12H23N3. The summed E-state index contributed by atoms with van der Waals surface area (Å²) in [6, 6.07) is 0. The van der Waals surface area contributed by atoms with E-state index in [0.29, 0.717) is 0 Å². The number of hydrogen-bond donors (Lipinski definition) is 0. The van der Waals surface area contributed by atoms with Gasteiger partial charge in [-0.2, -0.15) is 0 Å². The predicted molar refractivity (Wildman–Crippen MR) is 63.6 cm³/mol. The molecule has 0 bridgehead atoms. The molecule has 2 aliphatic heterocycles. The summed E-state index contributed by atoms with van der Waals surface area (Å²) in [6.07, 6.45) is 6.20. The van der Waals surface area contributed by atoms with Gasteiger partial charge >= 0.3 is 0 Å². The molecule has 2 heterocycles. The maximum Gasteiger partial charge on any atom is 0.0261 e. The van der Waals surface area contributed by atoms with E-state index in [1.54, 1.807) is 0 Å². The van der Waals surface area contributed by atoms with Gasteiger partial charge in [-0.25, -0.2) is 10.0 Å². The van der Waals surface area contributed by atoms with Crippen molar-refractivity contribution in [3.8, 4) is 0 Å². The smallest absolute Gasteiger partial charge is 0.0261 e. The maximum absolute atomic E-state index is 3.80. The van der Waals surface area contributed by atoms with Gasteiger partial charge < -0.3 is 0 Å². The van der Waals surface area contributed by atoms with E-state index in [2.05, 4.69) is 21.5 Å². The Bertz CT molecular complexity index is 191. The Labute approximate surface area is 93.3 Å². The Morgan fingerprint density at radius 2 is 1.40 bits per heavy atom. The van der Waals surface area contributed by atoms with Crippen LogP contribution in [0.3, 0.4) is 0 Å². The summed E-state index contributed by atoms with van der Waals surface area (Å²) in [5, 5.41) is 5.12. The van der Waals surface area contributed by atoms with Gasteiger partial charge in [0.05, 0.1) is 0 Å². The molecule has 0 atom stereocenters. The molecule has 0 amide bonds. The fourth-order valence-electron chi connectivity index (χ4n) is 2.55. The average molecular weight is 209 g/mol. The Kier molecular flexibility index (Phi) is 4.18. The van der Waals surface area contributed by atoms with Gasteiger partial charge in [0.2, 0.25) is 0 Å². The van der Waals surface area contributed by atoms with Crippen LogP contribution in [-0.2, 0) is 0 Å². The highest BCUT2D eigenvalue weighted by Crippen LogP contribution is 2.13. The Morgan fingerprint density at radius 1 is 0.800 bits per heavy atom. The van der Waals surface area contributed by atoms with E-state index in [0.717, 1.165) is 6.54 Å². The molecule has 0 aromatic rings. The third kappa shape index (κ3) is 3.03. The maximum atomic E-state index is 3.80. The quantitative estimate of drug-likeness (QED) is 0.647. The van der Waals surface area contributed by atoms with Crippen molar-refractivity contribution in [2.75, 3.05) is 45.8 Å². The minimum Gasteiger partial charge on any atom is -0.297 e. The van der Waals surface area contributed by atoms with Crippen LogP contribution in [-0.4, -0.2) is 60.7 Å². The fourth-order valence-corrected chi connectivity index (χ4v) is 2.55. The zero-order chi connectivity index (χ0) is 10.5. The van der Waals surface area contributed by atoms with E-state index < -0.39 is 0 Å². The predicted octanol–water partition coefficient (Wildman–Crippen LogP) is 1.19. The van der Waals surface area contributed by atoms with E-state index in [9.17, 15) is 0 Å². The third-order valence-electron chi connectivity index (χ3n) is 3.47. The summed E-state index contributed by atoms with van der Waals surface area (Å²) in [5.74, 6) is 0. The van der Waals surface area contributed by atoms with E-state index in [1.165, 1.54) is 58.5 Å². The van der Waals surface area contributed by atoms with E-state index in [1.807, 2.05) is 6.08 Å². The van der Waals surface area contributed by atoms with Gasteiger partial charge in [0.15, 0.2) is 0 Å². The highest BCUT2D eigenvalue weighted by Gasteiger charge is 2.22. The minimum atomic E-state index is 1.05. The van der Waals surface area contributed by atoms with Crippen molar-refractivity contribution in [3.05, 3.63) is 12.7 Å². The minimum absolute atomic E-state index is 1.05. The molecule has 2 saturated heterocycles. The van der Waals surface area contributed by atoms with Crippen LogP contribution >= 0.6 is 0 Å². The third-order valence-corrected chi connectivity index (χ3v) is 3.47. The van der Waals surface area contributed by atoms with E-state index >= 15 is 0 Å². The van der Waals surface area contributed by atoms with Crippen LogP contribution in [0, 0.1) is 0 Å². The van der Waals surface area contributed by atoms with Crippen LogP contribution in [0.1, 0.15) is 19.3 Å². The molecule has 15 heavy (non-hydrogen) atoms. The number of piperidine rings is 1. The first kappa shape index (κ1) is 11.1. The van der Waals surface area contributed by atoms with Gasteiger partial charge in [-0.1, -0.05) is 12.5 Å². The number of nitrogens with zero attached hydrogens (tertiary/aromatic N) is 3. The summed E-state index contributed by atoms with van der Waals surface area (Å²) in [4.78, 5) is 2.48. The second-order valence-electron chi connectivity index (χ2n) is 4.56. The van der Waals surface area contributed by atoms with E-state index in [-0.39, 0.29) is 0 Å². The topological polar surface area (TPSA) is 9.72 Å². The number of rotatable bonds is 3. The van der Waals surface area contributed by atoms with Gasteiger partial charge in [0.25, 0.3) is 0 Å². The van der Waals surface area contributed by atoms with Gasteiger partial charge in [0.1, 0.15) is 0 Å². The van der Waals surface area contributed by atoms with Crippen LogP contribution in [0.25, 0.3) is 0 Å². The molecule has 0 unspecified atom stereocenters. The highest BCUT2D eigenvalue weighted by molar-refractivity contribution is 4.78. The molecule has 86 valence electrons. The van der Waals surface area contributed by atoms with Gasteiger partial charge in [0, 0.05) is 45.8 Å². The second-order valence-corrected chi connectivity index (χ2v) is 4.56. The molecule has 0 N–H and O–H groups in total. The first-order valence-electron chi connectivity index (χ1n) is 6.23. The Balaban J connectivity index is 1.74. The summed E-state index contributed by atoms with van der Waals surface area (Å²) in [6.45, 7) is 12.2. The molecular weight excluding hydrogens is 186 g/mol. The molecule has 3 nitrogen and oxygen atoms in total. The number of hydrazine groups is 1. The molecule has 3 heteroatoms. The molecule has 0 aliphatic carbocycles. The molecule has 0 aromatic heterocycles. The van der Waals surface area contributed by atoms with Gasteiger partial charge in [-0.05, 0) is 12.8 Å². The van der Waals surface area contributed by atoms with Crippen LogP contribution < -0.4 is 0 Å². The van der Waals surface area contributed by atoms with Crippen LogP contribution in [0.15, 0.2) is 12.7 Å². The molecule has 2 fully saturated rings. The zero-order valence-corrected chi connectivity index (χ0v) is 9.70. The normalized spacial score (nSPS) is 26.7. The van der Waals surface area contributed by atoms with Crippen molar-refractivity contribution >= 4 is 0 Å². The standard InChI is InChI=1S/C12H23N3/c1-2-6-13-9-11-15(12-10-13)14-7-4-3-5-8-14/h2H,1,3-12H2. The monoisotopic (exact) mass is 209 g/mol. The average Bonchev–Trinajstić information content (AvgIpc) is 2.32. The lowest BCUT2D eigenvalue weighted by atomic mass is 10.1. The largest absolute Gasteiger partial charge is 0.297 e. The van der Waals surface area contributed by atoms with Crippen molar-refractivity contribution in [2.45, 2.75) is 19.3 Å². The zero-order valence-electron chi connectivity index (χ0n) is 9.70. The fraction of sp³-hybridized carbons (Fsp3) is 0.833. The first-order valence-corrected chi connectivity index (χ1v) is 6.23. The molecule has 0 aromatic carbocycles. The Morgan fingerprint density at radius 3 is 2.00 bits per heavy atom. The van der Waals surface area contributed by atoms with Crippen LogP contribution in [0.4, 0.5) is 0 Å². The summed E-state index contributed by atoms with van der Waals surface area (Å²) in [5.41, 5.74) is 0. The highest BCUT2D eigenvalue weighted by atomic mass is 15.6. The van der Waals surface area contributed by atoms with Crippen LogP contribution in [0.5, 0.6) is 0 Å². The molecule has 2 rings (SSSR count). The lowest BCUT2D eigenvalue weighted by Gasteiger charge is -2.42. The van der Waals surface area contributed by atoms with Gasteiger partial charge in [-0.3, -0.25) is 4.90 Å². The molecule has 2 aliphatic rings. The van der Waals surface area contributed by atoms with Crippen molar-refractivity contribution < 1.29 is 0 Å². The molecule has 0 radical (unpaired) electrons. The number of hydrogen-bond acceptors (Lipinski definition) is 3. The van der Waals surface area contributed by atoms with Crippen LogP contribution in [0.2, 0.25) is 0 Å². The second kappa shape index (κ2) is 5.64. The lowest BCUT2D eigenvalue weighted by molar-refractivity contribution is -0.0665. The lowest BCUT2D eigenvalue weighted by Crippen LogP contribution is -2.54. The van der Waals surface area contributed by atoms with E-state index in [4.69, 9.17) is 0 Å². The summed E-state index contributed by atoms with van der Waals surface area (Å²) >= 11 is 0. The Hall–Kier alpha value is -0.380. The van der Waals surface area contributed by atoms with Gasteiger partial charge in [-0.15, -0.1) is 6.58 Å². The molecule has 0 spiro atoms. The first-order chi connectivity index (χ1) is 7.40. The van der Waals surface area contributed by atoms with Crippen molar-refractivity contribution in [1.29, 1.82) is 0 Å². The van der Waals surface area contributed by atoms with Crippen molar-refractivity contribution in [3.63, 3.8) is 0 Å². The summed E-state index contributed by atoms with van der Waals surface area (Å²) in [7, 11) is 0. The molecule has 0 saturated carbocycles. The van der Waals surface area contributed by atoms with Crippen molar-refractivity contribution in [2.24, 2.45) is 0 Å².